The van der Waals surface area contributed by atoms with Gasteiger partial charge in [0.2, 0.25) is 0 Å². The number of hydrogen-bond acceptors (Lipinski definition) is 0. The summed E-state index contributed by atoms with van der Waals surface area (Å²) >= 11 is 3.49. The summed E-state index contributed by atoms with van der Waals surface area (Å²) in [5.41, 5.74) is 0. The molecule has 0 aromatic rings. The number of halogens is 1. The first-order chi connectivity index (χ1) is 9.41. The Morgan fingerprint density at radius 3 is 1.47 bits per heavy atom. The summed E-state index contributed by atoms with van der Waals surface area (Å²) in [5, 5.41) is 1.18. The standard InChI is InChI=1S/C18H35Br/c1-2-3-4-5-6-7-8-9-10-11-12-13-14-15-16-17-18-19/h6-7H,2-5,8-18H2,1H3/b7-6+. The van der Waals surface area contributed by atoms with Gasteiger partial charge in [-0.1, -0.05) is 92.8 Å². The normalized spacial score (nSPS) is 11.5. The molecular formula is C18H35Br. The topological polar surface area (TPSA) is 0 Å². The van der Waals surface area contributed by atoms with Gasteiger partial charge in [-0.2, -0.15) is 0 Å². The molecule has 0 fully saturated rings. The summed E-state index contributed by atoms with van der Waals surface area (Å²) in [5.74, 6) is 0. The molecule has 0 N–H and O–H groups in total. The maximum Gasteiger partial charge on any atom is 0.00313 e. The predicted octanol–water partition coefficient (Wildman–Crippen LogP) is 7.42. The van der Waals surface area contributed by atoms with E-state index in [4.69, 9.17) is 0 Å². The molecule has 0 saturated heterocycles. The van der Waals surface area contributed by atoms with Crippen LogP contribution in [-0.4, -0.2) is 5.33 Å². The Labute approximate surface area is 130 Å². The molecule has 0 saturated carbocycles. The van der Waals surface area contributed by atoms with Gasteiger partial charge >= 0.3 is 0 Å². The second-order valence-corrected chi connectivity index (χ2v) is 6.42. The first kappa shape index (κ1) is 19.2. The lowest BCUT2D eigenvalue weighted by molar-refractivity contribution is 0.567. The summed E-state index contributed by atoms with van der Waals surface area (Å²) < 4.78 is 0. The van der Waals surface area contributed by atoms with Crippen molar-refractivity contribution in [3.05, 3.63) is 12.2 Å². The molecule has 0 unspecified atom stereocenters. The van der Waals surface area contributed by atoms with Crippen LogP contribution in [0.4, 0.5) is 0 Å². The van der Waals surface area contributed by atoms with Crippen molar-refractivity contribution < 1.29 is 0 Å². The SMILES string of the molecule is CCCCC/C=C/CCCCCCCCCCCBr. The molecule has 0 aromatic heterocycles. The van der Waals surface area contributed by atoms with Crippen molar-refractivity contribution in [2.45, 2.75) is 96.8 Å². The zero-order chi connectivity index (χ0) is 14.0. The lowest BCUT2D eigenvalue weighted by Gasteiger charge is -2.01. The maximum atomic E-state index is 3.49. The highest BCUT2D eigenvalue weighted by molar-refractivity contribution is 9.09. The summed E-state index contributed by atoms with van der Waals surface area (Å²) in [7, 11) is 0. The third-order valence-electron chi connectivity index (χ3n) is 3.65. The number of unbranched alkanes of at least 4 members (excludes halogenated alkanes) is 12. The summed E-state index contributed by atoms with van der Waals surface area (Å²) in [4.78, 5) is 0. The minimum atomic E-state index is 1.18. The van der Waals surface area contributed by atoms with Gasteiger partial charge < -0.3 is 0 Å². The number of hydrogen-bond donors (Lipinski definition) is 0. The Kier molecular flexibility index (Phi) is 18.4. The molecule has 0 aromatic carbocycles. The third kappa shape index (κ3) is 18.2. The minimum absolute atomic E-state index is 1.18. The van der Waals surface area contributed by atoms with Crippen LogP contribution in [0.5, 0.6) is 0 Å². The highest BCUT2D eigenvalue weighted by atomic mass is 79.9. The average molecular weight is 331 g/mol. The van der Waals surface area contributed by atoms with Crippen LogP contribution in [0.2, 0.25) is 0 Å². The van der Waals surface area contributed by atoms with Gasteiger partial charge in [0.25, 0.3) is 0 Å². The van der Waals surface area contributed by atoms with Crippen LogP contribution in [-0.2, 0) is 0 Å². The second-order valence-electron chi connectivity index (χ2n) is 5.63. The van der Waals surface area contributed by atoms with Gasteiger partial charge in [-0.25, -0.2) is 0 Å². The highest BCUT2D eigenvalue weighted by Gasteiger charge is 1.92. The van der Waals surface area contributed by atoms with Gasteiger partial charge in [0.15, 0.2) is 0 Å². The van der Waals surface area contributed by atoms with Crippen molar-refractivity contribution in [1.29, 1.82) is 0 Å². The van der Waals surface area contributed by atoms with E-state index in [2.05, 4.69) is 35.0 Å². The Balaban J connectivity index is 2.98. The smallest absolute Gasteiger partial charge is 0.00313 e. The van der Waals surface area contributed by atoms with E-state index < -0.39 is 0 Å². The number of rotatable bonds is 15. The molecular weight excluding hydrogens is 296 g/mol. The summed E-state index contributed by atoms with van der Waals surface area (Å²) in [6.07, 6.45) is 24.3. The van der Waals surface area contributed by atoms with E-state index in [1.165, 1.54) is 95.2 Å². The van der Waals surface area contributed by atoms with Crippen molar-refractivity contribution in [3.8, 4) is 0 Å². The molecule has 0 amide bonds. The van der Waals surface area contributed by atoms with E-state index in [0.29, 0.717) is 0 Å². The Bertz CT molecular complexity index is 175. The molecule has 114 valence electrons. The molecule has 0 heterocycles. The van der Waals surface area contributed by atoms with Crippen molar-refractivity contribution in [1.82, 2.24) is 0 Å². The molecule has 19 heavy (non-hydrogen) atoms. The van der Waals surface area contributed by atoms with Crippen molar-refractivity contribution >= 4 is 15.9 Å². The monoisotopic (exact) mass is 330 g/mol. The molecule has 0 rings (SSSR count). The van der Waals surface area contributed by atoms with Crippen LogP contribution in [0.3, 0.4) is 0 Å². The molecule has 0 aliphatic rings. The van der Waals surface area contributed by atoms with Gasteiger partial charge in [-0.15, -0.1) is 0 Å². The lowest BCUT2D eigenvalue weighted by atomic mass is 10.1. The molecule has 0 bridgehead atoms. The average Bonchev–Trinajstić information content (AvgIpc) is 2.43. The van der Waals surface area contributed by atoms with E-state index in [9.17, 15) is 0 Å². The summed E-state index contributed by atoms with van der Waals surface area (Å²) in [6, 6.07) is 0. The second kappa shape index (κ2) is 18.2. The van der Waals surface area contributed by atoms with Crippen LogP contribution in [0.15, 0.2) is 12.2 Å². The molecule has 0 aliphatic heterocycles. The minimum Gasteiger partial charge on any atom is -0.0928 e. The molecule has 0 aliphatic carbocycles. The molecule has 0 atom stereocenters. The number of allylic oxidation sites excluding steroid dienone is 2. The highest BCUT2D eigenvalue weighted by Crippen LogP contribution is 2.11. The fourth-order valence-corrected chi connectivity index (χ4v) is 2.74. The zero-order valence-corrected chi connectivity index (χ0v) is 14.7. The van der Waals surface area contributed by atoms with Gasteiger partial charge in [0, 0.05) is 5.33 Å². The Morgan fingerprint density at radius 2 is 1.00 bits per heavy atom. The quantitative estimate of drug-likeness (QED) is 0.166. The summed E-state index contributed by atoms with van der Waals surface area (Å²) in [6.45, 7) is 2.27. The predicted molar refractivity (Wildman–Crippen MR) is 93.2 cm³/mol. The first-order valence-electron chi connectivity index (χ1n) is 8.62. The first-order valence-corrected chi connectivity index (χ1v) is 9.75. The van der Waals surface area contributed by atoms with Gasteiger partial charge in [-0.3, -0.25) is 0 Å². The van der Waals surface area contributed by atoms with Gasteiger partial charge in [0.05, 0.1) is 0 Å². The van der Waals surface area contributed by atoms with Gasteiger partial charge in [0.1, 0.15) is 0 Å². The van der Waals surface area contributed by atoms with Crippen molar-refractivity contribution in [2.24, 2.45) is 0 Å². The van der Waals surface area contributed by atoms with Crippen LogP contribution in [0.1, 0.15) is 96.8 Å². The zero-order valence-electron chi connectivity index (χ0n) is 13.1. The van der Waals surface area contributed by atoms with E-state index in [1.54, 1.807) is 0 Å². The number of alkyl halides is 1. The molecule has 1 heteroatoms. The third-order valence-corrected chi connectivity index (χ3v) is 4.21. The Morgan fingerprint density at radius 1 is 0.579 bits per heavy atom. The van der Waals surface area contributed by atoms with Crippen molar-refractivity contribution in [3.63, 3.8) is 0 Å². The maximum absolute atomic E-state index is 3.49. The molecule has 0 nitrogen and oxygen atoms in total. The fraction of sp³-hybridized carbons (Fsp3) is 0.889. The van der Waals surface area contributed by atoms with Crippen LogP contribution in [0.25, 0.3) is 0 Å². The van der Waals surface area contributed by atoms with E-state index in [1.807, 2.05) is 0 Å². The lowest BCUT2D eigenvalue weighted by Crippen LogP contribution is -1.82. The van der Waals surface area contributed by atoms with Gasteiger partial charge in [-0.05, 0) is 32.1 Å². The van der Waals surface area contributed by atoms with Crippen molar-refractivity contribution in [2.75, 3.05) is 5.33 Å². The van der Waals surface area contributed by atoms with E-state index in [-0.39, 0.29) is 0 Å². The largest absolute Gasteiger partial charge is 0.0928 e. The van der Waals surface area contributed by atoms with Crippen LogP contribution in [0, 0.1) is 0 Å². The van der Waals surface area contributed by atoms with E-state index in [0.717, 1.165) is 0 Å². The van der Waals surface area contributed by atoms with Crippen LogP contribution < -0.4 is 0 Å². The van der Waals surface area contributed by atoms with Crippen LogP contribution >= 0.6 is 15.9 Å². The molecule has 0 spiro atoms. The Hall–Kier alpha value is 0.220. The molecule has 0 radical (unpaired) electrons. The van der Waals surface area contributed by atoms with E-state index >= 15 is 0 Å². The fourth-order valence-electron chi connectivity index (χ4n) is 2.34.